The number of benzene rings is 2. The number of para-hydroxylation sites is 1. The number of nitrogens with one attached hydrogen (secondary N) is 2. The molecule has 2 amide bonds. The van der Waals surface area contributed by atoms with Crippen molar-refractivity contribution in [2.24, 2.45) is 0 Å². The van der Waals surface area contributed by atoms with E-state index in [1.165, 1.54) is 4.90 Å². The van der Waals surface area contributed by atoms with E-state index >= 15 is 0 Å². The van der Waals surface area contributed by atoms with Gasteiger partial charge < -0.3 is 15.2 Å². The quantitative estimate of drug-likeness (QED) is 0.775. The van der Waals surface area contributed by atoms with Crippen LogP contribution in [0.4, 0.5) is 5.69 Å². The zero-order valence-electron chi connectivity index (χ0n) is 13.7. The van der Waals surface area contributed by atoms with Gasteiger partial charge in [-0.05, 0) is 41.8 Å². The Morgan fingerprint density at radius 1 is 1.04 bits per heavy atom. The average molecular weight is 321 g/mol. The van der Waals surface area contributed by atoms with Crippen LogP contribution in [-0.2, 0) is 11.2 Å². The first-order valence-electron chi connectivity index (χ1n) is 7.71. The second-order valence-corrected chi connectivity index (χ2v) is 5.88. The molecule has 3 rings (SSSR count). The minimum Gasteiger partial charge on any atom is -0.358 e. The van der Waals surface area contributed by atoms with Gasteiger partial charge in [0.1, 0.15) is 0 Å². The first-order valence-corrected chi connectivity index (χ1v) is 7.71. The van der Waals surface area contributed by atoms with Crippen LogP contribution in [-0.4, -0.2) is 35.8 Å². The number of rotatable bonds is 4. The molecule has 5 heteroatoms. The van der Waals surface area contributed by atoms with Crippen LogP contribution in [0, 0.1) is 0 Å². The van der Waals surface area contributed by atoms with E-state index in [1.54, 1.807) is 38.4 Å². The fourth-order valence-corrected chi connectivity index (χ4v) is 2.56. The number of aromatic nitrogens is 1. The summed E-state index contributed by atoms with van der Waals surface area (Å²) in [4.78, 5) is 28.8. The molecule has 0 aliphatic heterocycles. The molecule has 0 atom stereocenters. The molecule has 2 N–H and O–H groups in total. The van der Waals surface area contributed by atoms with E-state index < -0.39 is 0 Å². The number of amides is 2. The summed E-state index contributed by atoms with van der Waals surface area (Å²) in [6, 6.07) is 16.8. The molecule has 0 saturated heterocycles. The van der Waals surface area contributed by atoms with Crippen molar-refractivity contribution in [1.29, 1.82) is 0 Å². The third-order valence-corrected chi connectivity index (χ3v) is 3.76. The summed E-state index contributed by atoms with van der Waals surface area (Å²) in [6.45, 7) is 0. The zero-order valence-corrected chi connectivity index (χ0v) is 13.7. The van der Waals surface area contributed by atoms with Gasteiger partial charge in [0.05, 0.1) is 6.42 Å². The molecular weight excluding hydrogens is 302 g/mol. The van der Waals surface area contributed by atoms with Crippen molar-refractivity contribution in [2.75, 3.05) is 19.4 Å². The highest BCUT2D eigenvalue weighted by Gasteiger charge is 2.09. The maximum atomic E-state index is 12.2. The molecule has 0 unspecified atom stereocenters. The fourth-order valence-electron chi connectivity index (χ4n) is 2.56. The Morgan fingerprint density at radius 2 is 1.75 bits per heavy atom. The molecule has 3 aromatic rings. The van der Waals surface area contributed by atoms with Gasteiger partial charge in [-0.15, -0.1) is 0 Å². The number of aromatic amines is 1. The van der Waals surface area contributed by atoms with Gasteiger partial charge >= 0.3 is 0 Å². The molecule has 0 spiro atoms. The lowest BCUT2D eigenvalue weighted by molar-refractivity contribution is -0.115. The summed E-state index contributed by atoms with van der Waals surface area (Å²) in [5.41, 5.74) is 3.15. The summed E-state index contributed by atoms with van der Waals surface area (Å²) < 4.78 is 0. The third kappa shape index (κ3) is 3.46. The van der Waals surface area contributed by atoms with E-state index in [9.17, 15) is 9.59 Å². The Kier molecular flexibility index (Phi) is 4.33. The van der Waals surface area contributed by atoms with Gasteiger partial charge in [-0.25, -0.2) is 0 Å². The third-order valence-electron chi connectivity index (χ3n) is 3.76. The van der Waals surface area contributed by atoms with Crippen LogP contribution in [0.5, 0.6) is 0 Å². The topological polar surface area (TPSA) is 65.2 Å². The van der Waals surface area contributed by atoms with Crippen molar-refractivity contribution in [2.45, 2.75) is 6.42 Å². The van der Waals surface area contributed by atoms with Crippen molar-refractivity contribution in [3.8, 4) is 0 Å². The lowest BCUT2D eigenvalue weighted by Gasteiger charge is -2.10. The van der Waals surface area contributed by atoms with Gasteiger partial charge in [0, 0.05) is 36.6 Å². The fraction of sp³-hybridized carbons (Fsp3) is 0.158. The molecule has 0 saturated carbocycles. The number of nitrogens with zero attached hydrogens (tertiary/aromatic N) is 1. The van der Waals surface area contributed by atoms with Gasteiger partial charge in [-0.3, -0.25) is 9.59 Å². The Hall–Kier alpha value is -3.08. The van der Waals surface area contributed by atoms with E-state index in [1.807, 2.05) is 30.3 Å². The number of anilines is 1. The monoisotopic (exact) mass is 321 g/mol. The first-order chi connectivity index (χ1) is 11.5. The summed E-state index contributed by atoms with van der Waals surface area (Å²) in [7, 11) is 3.41. The maximum Gasteiger partial charge on any atom is 0.253 e. The Bertz CT molecular complexity index is 846. The molecule has 0 bridgehead atoms. The van der Waals surface area contributed by atoms with E-state index in [0.717, 1.165) is 16.6 Å². The minimum absolute atomic E-state index is 0.0639. The molecule has 2 aromatic carbocycles. The Labute approximate surface area is 140 Å². The van der Waals surface area contributed by atoms with Crippen molar-refractivity contribution in [1.82, 2.24) is 9.88 Å². The standard InChI is InChI=1S/C19H19N3O2/c1-22(2)19(24)13-7-9-15(10-8-13)21-18(23)12-16-11-14-5-3-4-6-17(14)20-16/h3-11,20H,12H2,1-2H3,(H,21,23). The number of H-pyrrole nitrogens is 1. The van der Waals surface area contributed by atoms with Crippen LogP contribution in [0.25, 0.3) is 10.9 Å². The van der Waals surface area contributed by atoms with Gasteiger partial charge in [0.2, 0.25) is 5.91 Å². The average Bonchev–Trinajstić information content (AvgIpc) is 2.96. The summed E-state index contributed by atoms with van der Waals surface area (Å²) in [5, 5.41) is 3.94. The Balaban J connectivity index is 1.65. The smallest absolute Gasteiger partial charge is 0.253 e. The highest BCUT2D eigenvalue weighted by Crippen LogP contribution is 2.16. The molecule has 0 radical (unpaired) electrons. The summed E-state index contributed by atoms with van der Waals surface area (Å²) in [6.07, 6.45) is 0.271. The predicted molar refractivity (Wildman–Crippen MR) is 95.1 cm³/mol. The number of fused-ring (bicyclic) bond motifs is 1. The second-order valence-electron chi connectivity index (χ2n) is 5.88. The van der Waals surface area contributed by atoms with Gasteiger partial charge in [-0.1, -0.05) is 18.2 Å². The van der Waals surface area contributed by atoms with Crippen LogP contribution >= 0.6 is 0 Å². The Morgan fingerprint density at radius 3 is 2.42 bits per heavy atom. The molecule has 0 fully saturated rings. The van der Waals surface area contributed by atoms with Crippen LogP contribution in [0.1, 0.15) is 16.1 Å². The summed E-state index contributed by atoms with van der Waals surface area (Å²) >= 11 is 0. The van der Waals surface area contributed by atoms with Crippen LogP contribution in [0.3, 0.4) is 0 Å². The molecule has 5 nitrogen and oxygen atoms in total. The zero-order chi connectivity index (χ0) is 17.1. The highest BCUT2D eigenvalue weighted by molar-refractivity contribution is 5.96. The lowest BCUT2D eigenvalue weighted by atomic mass is 10.2. The van der Waals surface area contributed by atoms with Crippen LogP contribution in [0.15, 0.2) is 54.6 Å². The van der Waals surface area contributed by atoms with Crippen molar-refractivity contribution in [3.63, 3.8) is 0 Å². The number of carbonyl (C=O) groups excluding carboxylic acids is 2. The first kappa shape index (κ1) is 15.8. The molecule has 122 valence electrons. The predicted octanol–water partition coefficient (Wildman–Crippen LogP) is 3.05. The molecule has 1 aromatic heterocycles. The van der Waals surface area contributed by atoms with Crippen molar-refractivity contribution < 1.29 is 9.59 Å². The van der Waals surface area contributed by atoms with E-state index in [0.29, 0.717) is 11.3 Å². The van der Waals surface area contributed by atoms with Crippen LogP contribution in [0.2, 0.25) is 0 Å². The number of hydrogen-bond donors (Lipinski definition) is 2. The molecule has 0 aliphatic rings. The minimum atomic E-state index is -0.103. The van der Waals surface area contributed by atoms with E-state index in [4.69, 9.17) is 0 Å². The van der Waals surface area contributed by atoms with Crippen molar-refractivity contribution in [3.05, 3.63) is 65.9 Å². The van der Waals surface area contributed by atoms with Gasteiger partial charge in [0.15, 0.2) is 0 Å². The molecule has 24 heavy (non-hydrogen) atoms. The second kappa shape index (κ2) is 6.58. The largest absolute Gasteiger partial charge is 0.358 e. The number of carbonyl (C=O) groups is 2. The SMILES string of the molecule is CN(C)C(=O)c1ccc(NC(=O)Cc2cc3ccccc3[nH]2)cc1. The molecule has 0 aliphatic carbocycles. The normalized spacial score (nSPS) is 10.6. The van der Waals surface area contributed by atoms with Crippen LogP contribution < -0.4 is 5.32 Å². The van der Waals surface area contributed by atoms with Gasteiger partial charge in [0.25, 0.3) is 5.91 Å². The van der Waals surface area contributed by atoms with Gasteiger partial charge in [-0.2, -0.15) is 0 Å². The van der Waals surface area contributed by atoms with Crippen molar-refractivity contribution >= 4 is 28.4 Å². The lowest BCUT2D eigenvalue weighted by Crippen LogP contribution is -2.21. The molecular formula is C19H19N3O2. The highest BCUT2D eigenvalue weighted by atomic mass is 16.2. The van der Waals surface area contributed by atoms with E-state index in [-0.39, 0.29) is 18.2 Å². The molecule has 1 heterocycles. The van der Waals surface area contributed by atoms with E-state index in [2.05, 4.69) is 10.3 Å². The number of hydrogen-bond acceptors (Lipinski definition) is 2. The maximum absolute atomic E-state index is 12.2. The summed E-state index contributed by atoms with van der Waals surface area (Å²) in [5.74, 6) is -0.167.